The van der Waals surface area contributed by atoms with Crippen LogP contribution in [0.5, 0.6) is 5.75 Å². The number of amides is 2. The summed E-state index contributed by atoms with van der Waals surface area (Å²) in [7, 11) is 1.59. The number of nitrogens with one attached hydrogen (secondary N) is 2. The van der Waals surface area contributed by atoms with Gasteiger partial charge in [-0.05, 0) is 42.0 Å². The molecule has 0 fully saturated rings. The van der Waals surface area contributed by atoms with Crippen LogP contribution in [0.2, 0.25) is 0 Å². The van der Waals surface area contributed by atoms with Crippen molar-refractivity contribution < 1.29 is 18.7 Å². The summed E-state index contributed by atoms with van der Waals surface area (Å²) < 4.78 is 11.3. The molecule has 0 saturated heterocycles. The van der Waals surface area contributed by atoms with Gasteiger partial charge in [-0.1, -0.05) is 44.2 Å². The average Bonchev–Trinajstić information content (AvgIpc) is 3.19. The van der Waals surface area contributed by atoms with Crippen molar-refractivity contribution in [2.45, 2.75) is 13.8 Å². The summed E-state index contributed by atoms with van der Waals surface area (Å²) in [6.45, 7) is 3.66. The second-order valence-electron chi connectivity index (χ2n) is 7.71. The van der Waals surface area contributed by atoms with Crippen molar-refractivity contribution >= 4 is 34.2 Å². The molecule has 2 amide bonds. The quantitative estimate of drug-likeness (QED) is 0.397. The molecule has 0 aliphatic rings. The third kappa shape index (κ3) is 4.34. The summed E-state index contributed by atoms with van der Waals surface area (Å²) >= 11 is 0. The lowest BCUT2D eigenvalue weighted by molar-refractivity contribution is -0.118. The molecule has 2 N–H and O–H groups in total. The van der Waals surface area contributed by atoms with Crippen molar-refractivity contribution in [2.75, 3.05) is 17.7 Å². The molecule has 6 heteroatoms. The molecule has 32 heavy (non-hydrogen) atoms. The molecule has 0 unspecified atom stereocenters. The predicted octanol–water partition coefficient (Wildman–Crippen LogP) is 5.96. The Morgan fingerprint density at radius 2 is 1.53 bits per heavy atom. The zero-order valence-electron chi connectivity index (χ0n) is 18.1. The highest BCUT2D eigenvalue weighted by Crippen LogP contribution is 2.37. The van der Waals surface area contributed by atoms with E-state index in [1.807, 2.05) is 56.3 Å². The first-order valence-corrected chi connectivity index (χ1v) is 10.3. The number of furan rings is 1. The van der Waals surface area contributed by atoms with Gasteiger partial charge in [-0.25, -0.2) is 0 Å². The largest absolute Gasteiger partial charge is 0.497 e. The third-order valence-corrected chi connectivity index (χ3v) is 5.10. The van der Waals surface area contributed by atoms with Gasteiger partial charge in [0.25, 0.3) is 5.91 Å². The number of carbonyl (C=O) groups excluding carboxylic acids is 2. The maximum Gasteiger partial charge on any atom is 0.292 e. The highest BCUT2D eigenvalue weighted by Gasteiger charge is 2.22. The SMILES string of the molecule is COc1ccc2c(-c3ccccc3)c(C(=O)Nc3ccc(NC(=O)C(C)C)cc3)oc2c1. The Balaban J connectivity index is 1.65. The van der Waals surface area contributed by atoms with E-state index in [-0.39, 0.29) is 23.5 Å². The van der Waals surface area contributed by atoms with Gasteiger partial charge in [0, 0.05) is 34.3 Å². The van der Waals surface area contributed by atoms with Gasteiger partial charge in [-0.3, -0.25) is 9.59 Å². The Morgan fingerprint density at radius 1 is 0.875 bits per heavy atom. The molecule has 4 aromatic rings. The fourth-order valence-corrected chi connectivity index (χ4v) is 3.37. The summed E-state index contributed by atoms with van der Waals surface area (Å²) in [6.07, 6.45) is 0. The van der Waals surface area contributed by atoms with Crippen LogP contribution in [0.4, 0.5) is 11.4 Å². The smallest absolute Gasteiger partial charge is 0.292 e. The Kier molecular flexibility index (Phi) is 5.94. The normalized spacial score (nSPS) is 10.9. The van der Waals surface area contributed by atoms with E-state index in [0.717, 1.165) is 16.5 Å². The summed E-state index contributed by atoms with van der Waals surface area (Å²) in [5.74, 6) is 0.330. The minimum Gasteiger partial charge on any atom is -0.497 e. The lowest BCUT2D eigenvalue weighted by Gasteiger charge is -2.09. The third-order valence-electron chi connectivity index (χ3n) is 5.10. The molecule has 4 rings (SSSR count). The molecule has 0 radical (unpaired) electrons. The van der Waals surface area contributed by atoms with E-state index in [0.29, 0.717) is 22.7 Å². The van der Waals surface area contributed by atoms with Crippen LogP contribution in [-0.2, 0) is 4.79 Å². The molecule has 0 atom stereocenters. The molecule has 0 saturated carbocycles. The molecular weight excluding hydrogens is 404 g/mol. The molecule has 3 aromatic carbocycles. The first-order chi connectivity index (χ1) is 15.5. The average molecular weight is 428 g/mol. The standard InChI is InChI=1S/C26H24N2O4/c1-16(2)25(29)27-18-9-11-19(12-10-18)28-26(30)24-23(17-7-5-4-6-8-17)21-14-13-20(31-3)15-22(21)32-24/h4-16H,1-3H3,(H,27,29)(H,28,30). The lowest BCUT2D eigenvalue weighted by Crippen LogP contribution is -2.17. The summed E-state index contributed by atoms with van der Waals surface area (Å²) in [5, 5.41) is 6.54. The lowest BCUT2D eigenvalue weighted by atomic mass is 10.0. The van der Waals surface area contributed by atoms with Crippen LogP contribution in [0.15, 0.2) is 77.2 Å². The van der Waals surface area contributed by atoms with Crippen LogP contribution in [-0.4, -0.2) is 18.9 Å². The van der Waals surface area contributed by atoms with Gasteiger partial charge >= 0.3 is 0 Å². The minimum absolute atomic E-state index is 0.0630. The Hall–Kier alpha value is -4.06. The number of anilines is 2. The first-order valence-electron chi connectivity index (χ1n) is 10.3. The van der Waals surface area contributed by atoms with Crippen molar-refractivity contribution in [1.29, 1.82) is 0 Å². The van der Waals surface area contributed by atoms with E-state index in [2.05, 4.69) is 10.6 Å². The van der Waals surface area contributed by atoms with Crippen LogP contribution in [0, 0.1) is 5.92 Å². The van der Waals surface area contributed by atoms with E-state index < -0.39 is 0 Å². The van der Waals surface area contributed by atoms with Gasteiger partial charge in [0.05, 0.1) is 7.11 Å². The highest BCUT2D eigenvalue weighted by molar-refractivity contribution is 6.12. The molecule has 1 heterocycles. The number of rotatable bonds is 6. The number of fused-ring (bicyclic) bond motifs is 1. The molecule has 0 spiro atoms. The molecule has 0 aliphatic carbocycles. The van der Waals surface area contributed by atoms with Crippen LogP contribution < -0.4 is 15.4 Å². The fraction of sp³-hybridized carbons (Fsp3) is 0.154. The van der Waals surface area contributed by atoms with Crippen LogP contribution in [0.1, 0.15) is 24.4 Å². The minimum atomic E-state index is -0.363. The Morgan fingerprint density at radius 3 is 2.16 bits per heavy atom. The van der Waals surface area contributed by atoms with Gasteiger partial charge in [-0.15, -0.1) is 0 Å². The predicted molar refractivity (Wildman–Crippen MR) is 126 cm³/mol. The number of ether oxygens (including phenoxy) is 1. The first kappa shape index (κ1) is 21.2. The monoisotopic (exact) mass is 428 g/mol. The maximum atomic E-state index is 13.2. The van der Waals surface area contributed by atoms with Crippen LogP contribution in [0.25, 0.3) is 22.1 Å². The summed E-state index contributed by atoms with van der Waals surface area (Å²) in [5.41, 5.74) is 3.44. The van der Waals surface area contributed by atoms with Gasteiger partial charge in [0.2, 0.25) is 11.7 Å². The van der Waals surface area contributed by atoms with Crippen LogP contribution in [0.3, 0.4) is 0 Å². The number of hydrogen-bond donors (Lipinski definition) is 2. The molecule has 0 bridgehead atoms. The van der Waals surface area contributed by atoms with Crippen molar-refractivity contribution in [3.05, 3.63) is 78.6 Å². The van der Waals surface area contributed by atoms with Gasteiger partial charge in [-0.2, -0.15) is 0 Å². The topological polar surface area (TPSA) is 80.6 Å². The zero-order valence-corrected chi connectivity index (χ0v) is 18.1. The van der Waals surface area contributed by atoms with Crippen molar-refractivity contribution in [2.24, 2.45) is 5.92 Å². The summed E-state index contributed by atoms with van der Waals surface area (Å²) in [4.78, 5) is 25.0. The number of methoxy groups -OCH3 is 1. The van der Waals surface area contributed by atoms with Crippen molar-refractivity contribution in [1.82, 2.24) is 0 Å². The Labute approximate surface area is 186 Å². The Bertz CT molecular complexity index is 1260. The van der Waals surface area contributed by atoms with E-state index in [1.165, 1.54) is 0 Å². The maximum absolute atomic E-state index is 13.2. The molecule has 0 aliphatic heterocycles. The van der Waals surface area contributed by atoms with E-state index in [9.17, 15) is 9.59 Å². The highest BCUT2D eigenvalue weighted by atomic mass is 16.5. The van der Waals surface area contributed by atoms with E-state index >= 15 is 0 Å². The molecule has 1 aromatic heterocycles. The van der Waals surface area contributed by atoms with Gasteiger partial charge in [0.15, 0.2) is 0 Å². The van der Waals surface area contributed by atoms with Gasteiger partial charge < -0.3 is 19.8 Å². The molecular formula is C26H24N2O4. The second kappa shape index (κ2) is 8.98. The number of carbonyl (C=O) groups is 2. The van der Waals surface area contributed by atoms with Gasteiger partial charge in [0.1, 0.15) is 11.3 Å². The van der Waals surface area contributed by atoms with Crippen LogP contribution >= 0.6 is 0 Å². The number of benzene rings is 3. The summed E-state index contributed by atoms with van der Waals surface area (Å²) in [6, 6.07) is 22.1. The zero-order chi connectivity index (χ0) is 22.7. The van der Waals surface area contributed by atoms with E-state index in [1.54, 1.807) is 37.4 Å². The molecule has 6 nitrogen and oxygen atoms in total. The number of hydrogen-bond acceptors (Lipinski definition) is 4. The molecule has 162 valence electrons. The fourth-order valence-electron chi connectivity index (χ4n) is 3.37. The van der Waals surface area contributed by atoms with Crippen molar-refractivity contribution in [3.63, 3.8) is 0 Å². The van der Waals surface area contributed by atoms with Crippen molar-refractivity contribution in [3.8, 4) is 16.9 Å². The second-order valence-corrected chi connectivity index (χ2v) is 7.71. The van der Waals surface area contributed by atoms with E-state index in [4.69, 9.17) is 9.15 Å².